The molecule has 3 fully saturated rings. The average Bonchev–Trinajstić information content (AvgIpc) is 3.83. The minimum absolute atomic E-state index is 0.159. The van der Waals surface area contributed by atoms with E-state index in [-0.39, 0.29) is 24.7 Å². The molecule has 0 amide bonds. The third-order valence-electron chi connectivity index (χ3n) is 11.4. The number of aliphatic hydroxyl groups excluding tert-OH is 1. The maximum Gasteiger partial charge on any atom is 0.320 e. The first kappa shape index (κ1) is 38.6. The molecule has 1 saturated carbocycles. The molecule has 1 aliphatic carbocycles. The number of hydrogen-bond acceptors (Lipinski definition) is 9. The topological polar surface area (TPSA) is 128 Å². The number of aliphatic hydroxyl groups is 1. The molecule has 2 saturated heterocycles. The Labute approximate surface area is 328 Å². The van der Waals surface area contributed by atoms with Gasteiger partial charge in [-0.05, 0) is 98.5 Å². The van der Waals surface area contributed by atoms with Crippen molar-refractivity contribution < 1.29 is 29.2 Å². The number of pyridine rings is 1. The normalized spacial score (nSPS) is 19.5. The number of benzene rings is 3. The molecule has 2 aliphatic heterocycles. The maximum atomic E-state index is 12.1. The van der Waals surface area contributed by atoms with Crippen molar-refractivity contribution in [2.45, 2.75) is 84.3 Å². The Morgan fingerprint density at radius 3 is 2.45 bits per heavy atom. The summed E-state index contributed by atoms with van der Waals surface area (Å²) < 4.78 is 19.2. The third kappa shape index (κ3) is 9.25. The zero-order chi connectivity index (χ0) is 38.5. The van der Waals surface area contributed by atoms with E-state index >= 15 is 0 Å². The van der Waals surface area contributed by atoms with Crippen molar-refractivity contribution in [3.8, 4) is 34.4 Å². The van der Waals surface area contributed by atoms with E-state index in [2.05, 4.69) is 54.1 Å². The molecule has 0 unspecified atom stereocenters. The first-order chi connectivity index (χ1) is 26.6. The molecule has 0 spiro atoms. The van der Waals surface area contributed by atoms with E-state index in [0.717, 1.165) is 96.4 Å². The Morgan fingerprint density at radius 1 is 0.927 bits per heavy atom. The number of nitrogens with zero attached hydrogens (tertiary/aromatic N) is 4. The van der Waals surface area contributed by atoms with E-state index in [9.17, 15) is 20.3 Å². The fourth-order valence-electron chi connectivity index (χ4n) is 7.95. The van der Waals surface area contributed by atoms with Crippen LogP contribution >= 0.6 is 11.6 Å². The second-order valence-corrected chi connectivity index (χ2v) is 15.9. The number of aromatic nitrogens is 1. The lowest BCUT2D eigenvalue weighted by Crippen LogP contribution is -2.44. The molecule has 10 nitrogen and oxygen atoms in total. The van der Waals surface area contributed by atoms with Gasteiger partial charge in [-0.2, -0.15) is 5.26 Å². The van der Waals surface area contributed by atoms with Gasteiger partial charge < -0.3 is 24.4 Å². The molecule has 2 N–H and O–H groups in total. The summed E-state index contributed by atoms with van der Waals surface area (Å²) >= 11 is 6.88. The Hall–Kier alpha value is -4.66. The van der Waals surface area contributed by atoms with Gasteiger partial charge in [0.1, 0.15) is 42.6 Å². The molecular formula is C44H49ClN4O6. The number of carbonyl (C=O) groups is 1. The number of rotatable bonds is 15. The number of aliphatic carboxylic acids is 1. The minimum atomic E-state index is -0.832. The predicted molar refractivity (Wildman–Crippen MR) is 210 cm³/mol. The molecule has 3 heterocycles. The number of carboxylic acids is 1. The molecule has 0 radical (unpaired) electrons. The molecule has 2 atom stereocenters. The third-order valence-corrected chi connectivity index (χ3v) is 11.7. The molecule has 3 aromatic carbocycles. The van der Waals surface area contributed by atoms with Crippen molar-refractivity contribution in [2.24, 2.45) is 5.41 Å². The molecular weight excluding hydrogens is 716 g/mol. The number of halogens is 1. The van der Waals surface area contributed by atoms with Crippen LogP contribution in [0.15, 0.2) is 67.0 Å². The summed E-state index contributed by atoms with van der Waals surface area (Å²) in [6.45, 7) is 9.01. The van der Waals surface area contributed by atoms with Crippen LogP contribution in [-0.4, -0.2) is 75.9 Å². The van der Waals surface area contributed by atoms with Crippen LogP contribution in [0.5, 0.6) is 17.2 Å². The van der Waals surface area contributed by atoms with E-state index in [0.29, 0.717) is 48.2 Å². The SMILES string of the molecule is Cc1c(COc2cc(OCc3cncc(C#N)c3)c(CN3CCCC[C@H]3C(=O)O)cc2Cl)cccc1-c1cccc(OCC2(CN3CC[C@@H](O)C3)CC2)c1C. The van der Waals surface area contributed by atoms with Gasteiger partial charge in [-0.1, -0.05) is 48.4 Å². The summed E-state index contributed by atoms with van der Waals surface area (Å²) in [6.07, 6.45) is 8.48. The molecule has 7 rings (SSSR count). The number of ether oxygens (including phenoxy) is 3. The minimum Gasteiger partial charge on any atom is -0.493 e. The highest BCUT2D eigenvalue weighted by Gasteiger charge is 2.45. The van der Waals surface area contributed by atoms with Gasteiger partial charge in [-0.25, -0.2) is 0 Å². The van der Waals surface area contributed by atoms with Gasteiger partial charge in [0.2, 0.25) is 0 Å². The quantitative estimate of drug-likeness (QED) is 0.124. The molecule has 288 valence electrons. The van der Waals surface area contributed by atoms with Gasteiger partial charge in [0.25, 0.3) is 0 Å². The van der Waals surface area contributed by atoms with Crippen LogP contribution in [0.1, 0.15) is 71.9 Å². The largest absolute Gasteiger partial charge is 0.493 e. The number of β-amino-alcohol motifs (C(OH)–C–C–N with tert-alkyl or cyclic N) is 1. The number of nitriles is 1. The first-order valence-electron chi connectivity index (χ1n) is 19.2. The Balaban J connectivity index is 1.08. The van der Waals surface area contributed by atoms with Crippen LogP contribution in [0.4, 0.5) is 0 Å². The summed E-state index contributed by atoms with van der Waals surface area (Å²) in [5, 5.41) is 29.7. The van der Waals surface area contributed by atoms with Crippen LogP contribution in [0.3, 0.4) is 0 Å². The Bertz CT molecular complexity index is 2060. The van der Waals surface area contributed by atoms with Crippen molar-refractivity contribution in [3.63, 3.8) is 0 Å². The molecule has 0 bridgehead atoms. The highest BCUT2D eigenvalue weighted by molar-refractivity contribution is 6.32. The Morgan fingerprint density at radius 2 is 1.71 bits per heavy atom. The lowest BCUT2D eigenvalue weighted by atomic mass is 9.93. The van der Waals surface area contributed by atoms with Crippen LogP contribution in [0.2, 0.25) is 5.02 Å². The van der Waals surface area contributed by atoms with Gasteiger partial charge in [0, 0.05) is 61.2 Å². The summed E-state index contributed by atoms with van der Waals surface area (Å²) in [6, 6.07) is 19.3. The van der Waals surface area contributed by atoms with E-state index in [1.165, 1.54) is 6.20 Å². The monoisotopic (exact) mass is 764 g/mol. The second kappa shape index (κ2) is 17.0. The van der Waals surface area contributed by atoms with Crippen LogP contribution in [0, 0.1) is 30.6 Å². The van der Waals surface area contributed by atoms with Gasteiger partial charge in [0.15, 0.2) is 0 Å². The van der Waals surface area contributed by atoms with Gasteiger partial charge in [-0.3, -0.25) is 19.6 Å². The lowest BCUT2D eigenvalue weighted by Gasteiger charge is -2.33. The lowest BCUT2D eigenvalue weighted by molar-refractivity contribution is -0.144. The summed E-state index contributed by atoms with van der Waals surface area (Å²) in [4.78, 5) is 20.6. The molecule has 3 aliphatic rings. The van der Waals surface area contributed by atoms with Crippen molar-refractivity contribution in [1.82, 2.24) is 14.8 Å². The van der Waals surface area contributed by atoms with Gasteiger partial charge in [0.05, 0.1) is 23.3 Å². The number of likely N-dealkylation sites (tertiary alicyclic amines) is 2. The van der Waals surface area contributed by atoms with Crippen LogP contribution in [0.25, 0.3) is 11.1 Å². The van der Waals surface area contributed by atoms with Crippen molar-refractivity contribution in [3.05, 3.63) is 105 Å². The van der Waals surface area contributed by atoms with Gasteiger partial charge >= 0.3 is 5.97 Å². The van der Waals surface area contributed by atoms with E-state index in [4.69, 9.17) is 25.8 Å². The Kier molecular flexibility index (Phi) is 11.9. The van der Waals surface area contributed by atoms with E-state index < -0.39 is 12.0 Å². The van der Waals surface area contributed by atoms with Crippen molar-refractivity contribution in [1.29, 1.82) is 5.26 Å². The average molecular weight is 765 g/mol. The standard InChI is InChI=1S/C44H49ClN4O6/c1-29-33(7-5-8-36(29)37-9-6-11-40(30(37)2)55-28-44(13-14-44)27-48-16-12-35(50)24-48)26-54-42-19-41(53-25-32-17-31(20-46)21-47-22-32)34(18-38(42)45)23-49-15-4-3-10-39(49)43(51)52/h5-9,11,17-19,21-22,35,39,50H,3-4,10,12-16,23-28H2,1-2H3,(H,51,52)/t35-,39+/m1/s1. The number of piperidine rings is 1. The fraction of sp³-hybridized carbons (Fsp3) is 0.432. The number of carboxylic acid groups (broad SMARTS) is 1. The van der Waals surface area contributed by atoms with Gasteiger partial charge in [-0.15, -0.1) is 0 Å². The summed E-state index contributed by atoms with van der Waals surface area (Å²) in [5.41, 5.74) is 7.49. The molecule has 55 heavy (non-hydrogen) atoms. The highest BCUT2D eigenvalue weighted by Crippen LogP contribution is 2.47. The van der Waals surface area contributed by atoms with Crippen LogP contribution < -0.4 is 14.2 Å². The first-order valence-corrected chi connectivity index (χ1v) is 19.6. The van der Waals surface area contributed by atoms with Crippen molar-refractivity contribution >= 4 is 17.6 Å². The zero-order valence-corrected chi connectivity index (χ0v) is 32.4. The summed E-state index contributed by atoms with van der Waals surface area (Å²) in [7, 11) is 0. The predicted octanol–water partition coefficient (Wildman–Crippen LogP) is 7.71. The highest BCUT2D eigenvalue weighted by atomic mass is 35.5. The zero-order valence-electron chi connectivity index (χ0n) is 31.6. The maximum absolute atomic E-state index is 12.1. The summed E-state index contributed by atoms with van der Waals surface area (Å²) in [5.74, 6) is 1.04. The second-order valence-electron chi connectivity index (χ2n) is 15.5. The van der Waals surface area contributed by atoms with Crippen LogP contribution in [-0.2, 0) is 24.6 Å². The van der Waals surface area contributed by atoms with E-state index in [1.54, 1.807) is 18.3 Å². The van der Waals surface area contributed by atoms with Crippen molar-refractivity contribution in [2.75, 3.05) is 32.8 Å². The molecule has 4 aromatic rings. The fourth-order valence-corrected chi connectivity index (χ4v) is 8.19. The van der Waals surface area contributed by atoms with E-state index in [1.807, 2.05) is 23.1 Å². The molecule has 11 heteroatoms. The molecule has 1 aromatic heterocycles. The smallest absolute Gasteiger partial charge is 0.320 e. The number of hydrogen-bond donors (Lipinski definition) is 2.